The minimum Gasteiger partial charge on any atom is -0.454 e. The molecule has 154 valence electrons. The molecular formula is C23H19N5O2S. The highest BCUT2D eigenvalue weighted by atomic mass is 32.1. The molecule has 0 saturated carbocycles. The van der Waals surface area contributed by atoms with Crippen LogP contribution in [0.3, 0.4) is 0 Å². The van der Waals surface area contributed by atoms with Crippen LogP contribution < -0.4 is 4.90 Å². The minimum atomic E-state index is 0.432. The van der Waals surface area contributed by atoms with Gasteiger partial charge >= 0.3 is 6.01 Å². The molecule has 1 saturated heterocycles. The second-order valence-electron chi connectivity index (χ2n) is 7.61. The lowest BCUT2D eigenvalue weighted by Crippen LogP contribution is -2.33. The number of thiazole rings is 1. The van der Waals surface area contributed by atoms with E-state index in [1.54, 1.807) is 23.7 Å². The monoisotopic (exact) mass is 429 g/mol. The van der Waals surface area contributed by atoms with Crippen molar-refractivity contribution in [1.29, 1.82) is 0 Å². The number of aromatic nitrogens is 4. The molecular weight excluding hydrogens is 410 g/mol. The number of anilines is 1. The van der Waals surface area contributed by atoms with Gasteiger partial charge in [0.2, 0.25) is 5.89 Å². The Hall–Kier alpha value is -3.52. The first kappa shape index (κ1) is 18.3. The number of fused-ring (bicyclic) bond motifs is 1. The number of furan rings is 1. The Labute approximate surface area is 182 Å². The first-order valence-corrected chi connectivity index (χ1v) is 11.1. The number of rotatable bonds is 4. The number of piperidine rings is 1. The van der Waals surface area contributed by atoms with Gasteiger partial charge in [-0.3, -0.25) is 4.98 Å². The summed E-state index contributed by atoms with van der Waals surface area (Å²) in [5.74, 6) is 1.78. The quantitative estimate of drug-likeness (QED) is 0.379. The van der Waals surface area contributed by atoms with Crippen molar-refractivity contribution in [3.63, 3.8) is 0 Å². The highest BCUT2D eigenvalue weighted by molar-refractivity contribution is 7.10. The maximum atomic E-state index is 5.97. The van der Waals surface area contributed by atoms with Gasteiger partial charge in [-0.05, 0) is 37.1 Å². The van der Waals surface area contributed by atoms with Gasteiger partial charge in [-0.2, -0.15) is 0 Å². The van der Waals surface area contributed by atoms with Crippen LogP contribution in [0.15, 0.2) is 69.1 Å². The van der Waals surface area contributed by atoms with Gasteiger partial charge in [-0.1, -0.05) is 23.3 Å². The van der Waals surface area contributed by atoms with E-state index in [-0.39, 0.29) is 0 Å². The fraction of sp³-hybridized carbons (Fsp3) is 0.217. The molecule has 6 rings (SSSR count). The highest BCUT2D eigenvalue weighted by Gasteiger charge is 2.26. The zero-order valence-corrected chi connectivity index (χ0v) is 17.5. The van der Waals surface area contributed by atoms with Crippen LogP contribution in [0, 0.1) is 0 Å². The summed E-state index contributed by atoms with van der Waals surface area (Å²) in [6.07, 6.45) is 5.44. The van der Waals surface area contributed by atoms with E-state index < -0.39 is 0 Å². The fourth-order valence-electron chi connectivity index (χ4n) is 3.97. The van der Waals surface area contributed by atoms with Crippen LogP contribution in [0.2, 0.25) is 0 Å². The van der Waals surface area contributed by atoms with Crippen LogP contribution in [0.4, 0.5) is 6.01 Å². The van der Waals surface area contributed by atoms with Gasteiger partial charge in [0.15, 0.2) is 5.76 Å². The van der Waals surface area contributed by atoms with Gasteiger partial charge in [0.1, 0.15) is 11.3 Å². The molecule has 0 unspecified atom stereocenters. The Bertz CT molecular complexity index is 1290. The van der Waals surface area contributed by atoms with Crippen molar-refractivity contribution >= 4 is 28.3 Å². The molecule has 1 fully saturated rings. The molecule has 0 bridgehead atoms. The molecule has 0 N–H and O–H groups in total. The van der Waals surface area contributed by atoms with Crippen molar-refractivity contribution in [1.82, 2.24) is 20.2 Å². The Morgan fingerprint density at radius 3 is 2.65 bits per heavy atom. The number of pyridine rings is 1. The summed E-state index contributed by atoms with van der Waals surface area (Å²) in [6.45, 7) is 1.73. The zero-order valence-electron chi connectivity index (χ0n) is 16.6. The lowest BCUT2D eigenvalue weighted by Gasteiger charge is -2.29. The minimum absolute atomic E-state index is 0.432. The lowest BCUT2D eigenvalue weighted by atomic mass is 9.98. The molecule has 0 aliphatic carbocycles. The van der Waals surface area contributed by atoms with E-state index in [4.69, 9.17) is 13.8 Å². The number of benzene rings is 1. The average Bonchev–Trinajstić information content (AvgIpc) is 3.59. The first-order chi connectivity index (χ1) is 15.3. The first-order valence-electron chi connectivity index (χ1n) is 10.3. The van der Waals surface area contributed by atoms with Crippen LogP contribution in [-0.4, -0.2) is 33.3 Å². The summed E-state index contributed by atoms with van der Waals surface area (Å²) in [5.41, 5.74) is 2.69. The van der Waals surface area contributed by atoms with E-state index in [1.807, 2.05) is 30.3 Å². The molecule has 5 heterocycles. The average molecular weight is 430 g/mol. The van der Waals surface area contributed by atoms with E-state index in [2.05, 4.69) is 37.6 Å². The Morgan fingerprint density at radius 1 is 0.968 bits per heavy atom. The summed E-state index contributed by atoms with van der Waals surface area (Å²) in [6, 6.07) is 14.4. The van der Waals surface area contributed by atoms with Crippen LogP contribution in [0.1, 0.15) is 23.8 Å². The maximum Gasteiger partial charge on any atom is 0.318 e. The van der Waals surface area contributed by atoms with Crippen molar-refractivity contribution in [2.24, 2.45) is 0 Å². The Morgan fingerprint density at radius 2 is 1.81 bits per heavy atom. The van der Waals surface area contributed by atoms with Gasteiger partial charge < -0.3 is 13.7 Å². The summed E-state index contributed by atoms with van der Waals surface area (Å²) in [5, 5.41) is 12.8. The molecule has 31 heavy (non-hydrogen) atoms. The van der Waals surface area contributed by atoms with E-state index in [0.717, 1.165) is 58.9 Å². The predicted octanol–water partition coefficient (Wildman–Crippen LogP) is 5.39. The Kier molecular flexibility index (Phi) is 4.49. The molecule has 1 aromatic carbocycles. The van der Waals surface area contributed by atoms with Gasteiger partial charge in [0, 0.05) is 47.7 Å². The molecule has 0 atom stereocenters. The molecule has 7 nitrogen and oxygen atoms in total. The van der Waals surface area contributed by atoms with E-state index in [1.165, 1.54) is 0 Å². The lowest BCUT2D eigenvalue weighted by molar-refractivity contribution is 0.461. The Balaban J connectivity index is 1.14. The molecule has 1 aliphatic rings. The second-order valence-corrected chi connectivity index (χ2v) is 8.50. The molecule has 0 spiro atoms. The third-order valence-corrected chi connectivity index (χ3v) is 6.66. The van der Waals surface area contributed by atoms with E-state index >= 15 is 0 Å². The second kappa shape index (κ2) is 7.63. The van der Waals surface area contributed by atoms with Crippen LogP contribution in [0.5, 0.6) is 0 Å². The number of para-hydroxylation sites is 1. The summed E-state index contributed by atoms with van der Waals surface area (Å²) < 4.78 is 11.9. The topological polar surface area (TPSA) is 81.1 Å². The van der Waals surface area contributed by atoms with Gasteiger partial charge in [-0.15, -0.1) is 16.4 Å². The largest absolute Gasteiger partial charge is 0.454 e. The predicted molar refractivity (Wildman–Crippen MR) is 119 cm³/mol. The fourth-order valence-corrected chi connectivity index (χ4v) is 4.95. The third kappa shape index (κ3) is 3.48. The smallest absolute Gasteiger partial charge is 0.318 e. The molecule has 4 aromatic heterocycles. The van der Waals surface area contributed by atoms with Crippen molar-refractivity contribution < 1.29 is 8.83 Å². The van der Waals surface area contributed by atoms with Crippen LogP contribution >= 0.6 is 11.3 Å². The summed E-state index contributed by atoms with van der Waals surface area (Å²) >= 11 is 1.71. The van der Waals surface area contributed by atoms with E-state index in [0.29, 0.717) is 17.8 Å². The molecule has 8 heteroatoms. The standard InChI is InChI=1S/C23H19N5O2S/c1-2-4-19-17(3-1)13-20(29-19)18-14-31-22(25-18)16-7-11-28(12-8-16)23-27-26-21(30-23)15-5-9-24-10-6-15/h1-6,9-10,13-14,16H,7-8,11-12H2. The highest BCUT2D eigenvalue weighted by Crippen LogP contribution is 2.35. The van der Waals surface area contributed by atoms with Crippen molar-refractivity contribution in [2.75, 3.05) is 18.0 Å². The van der Waals surface area contributed by atoms with Crippen molar-refractivity contribution in [3.05, 3.63) is 65.2 Å². The third-order valence-electron chi connectivity index (χ3n) is 5.66. The zero-order chi connectivity index (χ0) is 20.6. The van der Waals surface area contributed by atoms with Gasteiger partial charge in [0.05, 0.1) is 5.01 Å². The molecule has 1 aliphatic heterocycles. The summed E-state index contributed by atoms with van der Waals surface area (Å²) in [4.78, 5) is 11.1. The summed E-state index contributed by atoms with van der Waals surface area (Å²) in [7, 11) is 0. The van der Waals surface area contributed by atoms with Crippen molar-refractivity contribution in [3.8, 4) is 22.9 Å². The van der Waals surface area contributed by atoms with E-state index in [9.17, 15) is 0 Å². The van der Waals surface area contributed by atoms with Crippen molar-refractivity contribution in [2.45, 2.75) is 18.8 Å². The maximum absolute atomic E-state index is 5.97. The van der Waals surface area contributed by atoms with Crippen LogP contribution in [-0.2, 0) is 0 Å². The van der Waals surface area contributed by atoms with Gasteiger partial charge in [-0.25, -0.2) is 4.98 Å². The van der Waals surface area contributed by atoms with Gasteiger partial charge in [0.25, 0.3) is 0 Å². The molecule has 0 radical (unpaired) electrons. The SMILES string of the molecule is c1ccc2oc(-c3csc(C4CCN(c5nnc(-c6ccncc6)o5)CC4)n3)cc2c1. The number of hydrogen-bond donors (Lipinski definition) is 0. The molecule has 0 amide bonds. The number of hydrogen-bond acceptors (Lipinski definition) is 8. The molecule has 5 aromatic rings. The van der Waals surface area contributed by atoms with Crippen LogP contribution in [0.25, 0.3) is 33.9 Å². The number of nitrogens with zero attached hydrogens (tertiary/aromatic N) is 5. The normalized spacial score (nSPS) is 15.0.